The number of hydrogen-bond acceptors (Lipinski definition) is 3. The van der Waals surface area contributed by atoms with Gasteiger partial charge in [-0.2, -0.15) is 0 Å². The van der Waals surface area contributed by atoms with Gasteiger partial charge >= 0.3 is 0 Å². The average Bonchev–Trinajstić information content (AvgIpc) is 2.48. The molecule has 0 saturated carbocycles. The number of nitrogens with zero attached hydrogens (tertiary/aromatic N) is 1. The zero-order valence-corrected chi connectivity index (χ0v) is 10.1. The first-order valence-electron chi connectivity index (χ1n) is 4.25. The van der Waals surface area contributed by atoms with Crippen LogP contribution >= 0.6 is 24.0 Å². The number of halogens is 1. The minimum absolute atomic E-state index is 0. The summed E-state index contributed by atoms with van der Waals surface area (Å²) < 4.78 is 5.45. The fraction of sp³-hybridized carbons (Fsp3) is 0.875. The molecule has 3 N–H and O–H groups in total. The Morgan fingerprint density at radius 3 is 2.62 bits per heavy atom. The third-order valence-corrected chi connectivity index (χ3v) is 1.94. The summed E-state index contributed by atoms with van der Waals surface area (Å²) in [5.41, 5.74) is 5.38. The third-order valence-electron chi connectivity index (χ3n) is 1.94. The molecule has 0 aromatic heterocycles. The summed E-state index contributed by atoms with van der Waals surface area (Å²) in [5, 5.41) is 8.78. The van der Waals surface area contributed by atoms with Gasteiger partial charge in [0.1, 0.15) is 0 Å². The lowest BCUT2D eigenvalue weighted by molar-refractivity contribution is 0.0160. The van der Waals surface area contributed by atoms with E-state index in [1.807, 2.05) is 0 Å². The van der Waals surface area contributed by atoms with Gasteiger partial charge in [0, 0.05) is 0 Å². The van der Waals surface area contributed by atoms with E-state index in [4.69, 9.17) is 15.6 Å². The van der Waals surface area contributed by atoms with Gasteiger partial charge in [-0.15, -0.1) is 24.0 Å². The maximum atomic E-state index is 8.78. The van der Waals surface area contributed by atoms with Crippen molar-refractivity contribution in [3.05, 3.63) is 0 Å². The number of nitrogens with two attached hydrogens (primary N) is 1. The molecule has 1 aliphatic rings. The first-order chi connectivity index (χ1) is 5.72. The Hall–Kier alpha value is 0.120. The van der Waals surface area contributed by atoms with Gasteiger partial charge < -0.3 is 15.6 Å². The van der Waals surface area contributed by atoms with Crippen LogP contribution in [0.4, 0.5) is 0 Å². The molecule has 0 unspecified atom stereocenters. The predicted octanol–water partition coefficient (Wildman–Crippen LogP) is 0.521. The Morgan fingerprint density at radius 2 is 2.15 bits per heavy atom. The Labute approximate surface area is 95.6 Å². The van der Waals surface area contributed by atoms with E-state index in [0.29, 0.717) is 12.4 Å². The Bertz CT molecular complexity index is 172. The normalized spacial score (nSPS) is 28.6. The van der Waals surface area contributed by atoms with E-state index < -0.39 is 0 Å². The molecule has 0 spiro atoms. The van der Waals surface area contributed by atoms with Crippen molar-refractivity contribution in [3.8, 4) is 0 Å². The van der Waals surface area contributed by atoms with E-state index in [1.165, 1.54) is 0 Å². The first kappa shape index (κ1) is 13.1. The highest BCUT2D eigenvalue weighted by atomic mass is 127. The quantitative estimate of drug-likeness (QED) is 0.454. The number of amidine groups is 1. The van der Waals surface area contributed by atoms with E-state index >= 15 is 0 Å². The summed E-state index contributed by atoms with van der Waals surface area (Å²) in [4.78, 5) is 4.06. The zero-order chi connectivity index (χ0) is 8.97. The van der Waals surface area contributed by atoms with Crippen LogP contribution in [0.3, 0.4) is 0 Å². The highest BCUT2D eigenvalue weighted by Crippen LogP contribution is 2.19. The molecule has 0 aromatic rings. The molecule has 1 fully saturated rings. The molecule has 4 nitrogen and oxygen atoms in total. The minimum atomic E-state index is 0. The molecule has 0 amide bonds. The van der Waals surface area contributed by atoms with Gasteiger partial charge in [-0.3, -0.25) is 4.99 Å². The molecule has 1 rings (SSSR count). The molecule has 0 radical (unpaired) electrons. The average molecular weight is 300 g/mol. The molecule has 1 aliphatic heterocycles. The number of aliphatic hydroxyl groups is 1. The molecule has 13 heavy (non-hydrogen) atoms. The van der Waals surface area contributed by atoms with Gasteiger partial charge in [0.05, 0.1) is 31.2 Å². The van der Waals surface area contributed by atoms with E-state index in [9.17, 15) is 0 Å². The van der Waals surface area contributed by atoms with E-state index in [0.717, 1.165) is 12.8 Å². The van der Waals surface area contributed by atoms with Crippen molar-refractivity contribution >= 4 is 29.8 Å². The summed E-state index contributed by atoms with van der Waals surface area (Å²) >= 11 is 0. The molecule has 1 heterocycles. The highest BCUT2D eigenvalue weighted by Gasteiger charge is 2.23. The SMILES string of the molecule is CC(N)=NC[C@H]1CC[C@@H](CO)O1.I. The first-order valence-corrected chi connectivity index (χ1v) is 4.25. The lowest BCUT2D eigenvalue weighted by Crippen LogP contribution is -2.18. The fourth-order valence-corrected chi connectivity index (χ4v) is 1.29. The van der Waals surface area contributed by atoms with Crippen LogP contribution in [0.2, 0.25) is 0 Å². The zero-order valence-electron chi connectivity index (χ0n) is 7.77. The van der Waals surface area contributed by atoms with Crippen molar-refractivity contribution in [2.75, 3.05) is 13.2 Å². The number of ether oxygens (including phenoxy) is 1. The molecule has 1 saturated heterocycles. The van der Waals surface area contributed by atoms with Crippen LogP contribution in [0.15, 0.2) is 4.99 Å². The van der Waals surface area contributed by atoms with Crippen molar-refractivity contribution in [2.24, 2.45) is 10.7 Å². The van der Waals surface area contributed by atoms with Crippen LogP contribution in [0, 0.1) is 0 Å². The molecule has 0 aromatic carbocycles. The maximum Gasteiger partial charge on any atom is 0.0906 e. The molecular weight excluding hydrogens is 283 g/mol. The van der Waals surface area contributed by atoms with Gasteiger partial charge in [0.25, 0.3) is 0 Å². The summed E-state index contributed by atoms with van der Waals surface area (Å²) in [6, 6.07) is 0. The topological polar surface area (TPSA) is 67.8 Å². The monoisotopic (exact) mass is 300 g/mol. The standard InChI is InChI=1S/C8H16N2O2.HI/c1-6(9)10-4-7-2-3-8(5-11)12-7;/h7-8,11H,2-5H2,1H3,(H2,9,10);1H/t7-,8+;/m1./s1. The van der Waals surface area contributed by atoms with Gasteiger partial charge in [-0.25, -0.2) is 0 Å². The van der Waals surface area contributed by atoms with Crippen molar-refractivity contribution in [1.29, 1.82) is 0 Å². The van der Waals surface area contributed by atoms with Gasteiger partial charge in [-0.05, 0) is 19.8 Å². The number of aliphatic imine (C=N–C) groups is 1. The smallest absolute Gasteiger partial charge is 0.0906 e. The third kappa shape index (κ3) is 4.78. The second-order valence-corrected chi connectivity index (χ2v) is 3.12. The Balaban J connectivity index is 0.00000144. The second kappa shape index (κ2) is 6.56. The maximum absolute atomic E-state index is 8.78. The molecular formula is C8H17IN2O2. The minimum Gasteiger partial charge on any atom is -0.394 e. The molecule has 78 valence electrons. The lowest BCUT2D eigenvalue weighted by atomic mass is 10.2. The van der Waals surface area contributed by atoms with Crippen LogP contribution in [-0.2, 0) is 4.74 Å². The Kier molecular flexibility index (Phi) is 6.62. The summed E-state index contributed by atoms with van der Waals surface area (Å²) in [7, 11) is 0. The van der Waals surface area contributed by atoms with Crippen molar-refractivity contribution in [1.82, 2.24) is 0 Å². The van der Waals surface area contributed by atoms with Crippen LogP contribution in [0.25, 0.3) is 0 Å². The van der Waals surface area contributed by atoms with Gasteiger partial charge in [-0.1, -0.05) is 0 Å². The van der Waals surface area contributed by atoms with Crippen LogP contribution < -0.4 is 5.73 Å². The lowest BCUT2D eigenvalue weighted by Gasteiger charge is -2.09. The van der Waals surface area contributed by atoms with E-state index in [-0.39, 0.29) is 42.8 Å². The van der Waals surface area contributed by atoms with Crippen molar-refractivity contribution in [3.63, 3.8) is 0 Å². The highest BCUT2D eigenvalue weighted by molar-refractivity contribution is 14.0. The van der Waals surface area contributed by atoms with Crippen LogP contribution in [0.5, 0.6) is 0 Å². The molecule has 2 atom stereocenters. The molecule has 5 heteroatoms. The van der Waals surface area contributed by atoms with Crippen LogP contribution in [-0.4, -0.2) is 36.3 Å². The number of rotatable bonds is 3. The second-order valence-electron chi connectivity index (χ2n) is 3.12. The predicted molar refractivity (Wildman–Crippen MR) is 62.6 cm³/mol. The summed E-state index contributed by atoms with van der Waals surface area (Å²) in [5.74, 6) is 0.589. The summed E-state index contributed by atoms with van der Waals surface area (Å²) in [6.45, 7) is 2.50. The summed E-state index contributed by atoms with van der Waals surface area (Å²) in [6.07, 6.45) is 2.08. The van der Waals surface area contributed by atoms with Gasteiger partial charge in [0.2, 0.25) is 0 Å². The van der Waals surface area contributed by atoms with Crippen molar-refractivity contribution in [2.45, 2.75) is 32.0 Å². The molecule has 0 aliphatic carbocycles. The number of aliphatic hydroxyl groups excluding tert-OH is 1. The molecule has 0 bridgehead atoms. The van der Waals surface area contributed by atoms with Crippen molar-refractivity contribution < 1.29 is 9.84 Å². The largest absolute Gasteiger partial charge is 0.394 e. The number of hydrogen-bond donors (Lipinski definition) is 2. The fourth-order valence-electron chi connectivity index (χ4n) is 1.29. The van der Waals surface area contributed by atoms with Gasteiger partial charge in [0.15, 0.2) is 0 Å². The Morgan fingerprint density at radius 1 is 1.54 bits per heavy atom. The van der Waals surface area contributed by atoms with E-state index in [1.54, 1.807) is 6.92 Å². The van der Waals surface area contributed by atoms with E-state index in [2.05, 4.69) is 4.99 Å². The van der Waals surface area contributed by atoms with Crippen LogP contribution in [0.1, 0.15) is 19.8 Å².